The van der Waals surface area contributed by atoms with E-state index in [0.717, 1.165) is 21.7 Å². The van der Waals surface area contributed by atoms with Crippen LogP contribution in [-0.4, -0.2) is 20.1 Å². The molecular weight excluding hydrogens is 469 g/mol. The van der Waals surface area contributed by atoms with Crippen LogP contribution in [0.1, 0.15) is 11.1 Å². The normalized spacial score (nSPS) is 10.7. The Morgan fingerprint density at radius 1 is 1.09 bits per heavy atom. The van der Waals surface area contributed by atoms with Crippen molar-refractivity contribution in [3.05, 3.63) is 64.1 Å². The molecule has 0 saturated heterocycles. The van der Waals surface area contributed by atoms with E-state index < -0.39 is 0 Å². The number of methoxy groups -OCH3 is 1. The lowest BCUT2D eigenvalue weighted by Crippen LogP contribution is -2.36. The zero-order valence-electron chi connectivity index (χ0n) is 13.2. The SMILES string of the molecule is CN=C(NCc1cccc(Br)c1)NCc1ccccc1OC.I. The number of benzene rings is 2. The van der Waals surface area contributed by atoms with E-state index >= 15 is 0 Å². The van der Waals surface area contributed by atoms with Crippen LogP contribution >= 0.6 is 39.9 Å². The highest BCUT2D eigenvalue weighted by Crippen LogP contribution is 2.16. The summed E-state index contributed by atoms with van der Waals surface area (Å²) < 4.78 is 6.42. The Morgan fingerprint density at radius 2 is 1.83 bits per heavy atom. The molecule has 0 aliphatic carbocycles. The van der Waals surface area contributed by atoms with Crippen molar-refractivity contribution < 1.29 is 4.74 Å². The number of rotatable bonds is 5. The first kappa shape index (κ1) is 19.8. The molecule has 2 aromatic rings. The fourth-order valence-electron chi connectivity index (χ4n) is 2.08. The standard InChI is InChI=1S/C17H20BrN3O.HI/c1-19-17(20-11-13-6-5-8-15(18)10-13)21-12-14-7-3-4-9-16(14)22-2;/h3-10H,11-12H2,1-2H3,(H2,19,20,21);1H. The lowest BCUT2D eigenvalue weighted by atomic mass is 10.2. The molecule has 0 fully saturated rings. The second-order valence-electron chi connectivity index (χ2n) is 4.72. The summed E-state index contributed by atoms with van der Waals surface area (Å²) in [6.07, 6.45) is 0. The molecule has 0 aliphatic heterocycles. The van der Waals surface area contributed by atoms with Gasteiger partial charge in [-0.15, -0.1) is 24.0 Å². The zero-order valence-corrected chi connectivity index (χ0v) is 17.1. The summed E-state index contributed by atoms with van der Waals surface area (Å²) >= 11 is 3.48. The van der Waals surface area contributed by atoms with Gasteiger partial charge in [-0.05, 0) is 23.8 Å². The maximum Gasteiger partial charge on any atom is 0.191 e. The zero-order chi connectivity index (χ0) is 15.8. The molecule has 0 bridgehead atoms. The van der Waals surface area contributed by atoms with Gasteiger partial charge in [-0.3, -0.25) is 4.99 Å². The summed E-state index contributed by atoms with van der Waals surface area (Å²) in [4.78, 5) is 4.24. The third kappa shape index (κ3) is 6.39. The van der Waals surface area contributed by atoms with Gasteiger partial charge < -0.3 is 15.4 Å². The Kier molecular flexibility index (Phi) is 9.01. The van der Waals surface area contributed by atoms with Gasteiger partial charge in [-0.2, -0.15) is 0 Å². The minimum absolute atomic E-state index is 0. The van der Waals surface area contributed by atoms with Crippen molar-refractivity contribution in [1.29, 1.82) is 0 Å². The van der Waals surface area contributed by atoms with Crippen LogP contribution in [0.25, 0.3) is 0 Å². The predicted octanol–water partition coefficient (Wildman–Crippen LogP) is 3.94. The molecule has 2 aromatic carbocycles. The number of hydrogen-bond donors (Lipinski definition) is 2. The van der Waals surface area contributed by atoms with Gasteiger partial charge in [0, 0.05) is 30.2 Å². The van der Waals surface area contributed by atoms with Crippen molar-refractivity contribution in [2.24, 2.45) is 4.99 Å². The maximum atomic E-state index is 5.35. The van der Waals surface area contributed by atoms with E-state index in [0.29, 0.717) is 13.1 Å². The van der Waals surface area contributed by atoms with Crippen molar-refractivity contribution in [2.75, 3.05) is 14.2 Å². The second kappa shape index (κ2) is 10.5. The molecule has 0 spiro atoms. The highest BCUT2D eigenvalue weighted by molar-refractivity contribution is 14.0. The molecule has 0 amide bonds. The number of halogens is 2. The first-order valence-electron chi connectivity index (χ1n) is 7.04. The molecule has 2 N–H and O–H groups in total. The molecule has 0 saturated carbocycles. The molecule has 0 heterocycles. The van der Waals surface area contributed by atoms with Gasteiger partial charge in [0.15, 0.2) is 5.96 Å². The van der Waals surface area contributed by atoms with Crippen LogP contribution in [0.2, 0.25) is 0 Å². The van der Waals surface area contributed by atoms with Gasteiger partial charge in [0.1, 0.15) is 5.75 Å². The molecule has 2 rings (SSSR count). The van der Waals surface area contributed by atoms with Crippen molar-refractivity contribution >= 4 is 45.9 Å². The Hall–Kier alpha value is -1.28. The van der Waals surface area contributed by atoms with E-state index in [9.17, 15) is 0 Å². The van der Waals surface area contributed by atoms with Gasteiger partial charge >= 0.3 is 0 Å². The first-order valence-corrected chi connectivity index (χ1v) is 7.83. The number of guanidine groups is 1. The molecule has 0 aromatic heterocycles. The van der Waals surface area contributed by atoms with Crippen molar-refractivity contribution in [3.63, 3.8) is 0 Å². The number of nitrogens with one attached hydrogen (secondary N) is 2. The summed E-state index contributed by atoms with van der Waals surface area (Å²) in [5, 5.41) is 6.59. The average molecular weight is 490 g/mol. The van der Waals surface area contributed by atoms with Gasteiger partial charge in [-0.25, -0.2) is 0 Å². The summed E-state index contributed by atoms with van der Waals surface area (Å²) in [6.45, 7) is 1.37. The van der Waals surface area contributed by atoms with Gasteiger partial charge in [-0.1, -0.05) is 46.3 Å². The van der Waals surface area contributed by atoms with Crippen molar-refractivity contribution in [1.82, 2.24) is 10.6 Å². The van der Waals surface area contributed by atoms with Crippen LogP contribution < -0.4 is 15.4 Å². The van der Waals surface area contributed by atoms with E-state index in [-0.39, 0.29) is 24.0 Å². The maximum absolute atomic E-state index is 5.35. The fraction of sp³-hybridized carbons (Fsp3) is 0.235. The van der Waals surface area contributed by atoms with E-state index in [1.165, 1.54) is 5.56 Å². The number of nitrogens with zero attached hydrogens (tertiary/aromatic N) is 1. The largest absolute Gasteiger partial charge is 0.496 e. The number of ether oxygens (including phenoxy) is 1. The lowest BCUT2D eigenvalue weighted by Gasteiger charge is -2.14. The molecule has 124 valence electrons. The van der Waals surface area contributed by atoms with Crippen molar-refractivity contribution in [3.8, 4) is 5.75 Å². The Bertz CT molecular complexity index is 649. The van der Waals surface area contributed by atoms with Gasteiger partial charge in [0.25, 0.3) is 0 Å². The molecule has 0 radical (unpaired) electrons. The average Bonchev–Trinajstić information content (AvgIpc) is 2.55. The molecule has 23 heavy (non-hydrogen) atoms. The summed E-state index contributed by atoms with van der Waals surface area (Å²) in [5.41, 5.74) is 2.28. The van der Waals surface area contributed by atoms with Crippen LogP contribution in [-0.2, 0) is 13.1 Å². The topological polar surface area (TPSA) is 45.7 Å². The lowest BCUT2D eigenvalue weighted by molar-refractivity contribution is 0.409. The Balaban J connectivity index is 0.00000264. The molecule has 6 heteroatoms. The molecular formula is C17H21BrIN3O. The van der Waals surface area contributed by atoms with Crippen LogP contribution in [0.15, 0.2) is 58.0 Å². The number of hydrogen-bond acceptors (Lipinski definition) is 2. The summed E-state index contributed by atoms with van der Waals surface area (Å²) in [7, 11) is 3.44. The minimum Gasteiger partial charge on any atom is -0.496 e. The van der Waals surface area contributed by atoms with Gasteiger partial charge in [0.05, 0.1) is 7.11 Å². The minimum atomic E-state index is 0. The third-order valence-electron chi connectivity index (χ3n) is 3.21. The first-order chi connectivity index (χ1) is 10.7. The third-order valence-corrected chi connectivity index (χ3v) is 3.70. The fourth-order valence-corrected chi connectivity index (χ4v) is 2.53. The smallest absolute Gasteiger partial charge is 0.191 e. The number of aliphatic imine (C=N–C) groups is 1. The summed E-state index contributed by atoms with van der Waals surface area (Å²) in [6, 6.07) is 16.1. The van der Waals surface area contributed by atoms with Crippen LogP contribution in [0.3, 0.4) is 0 Å². The van der Waals surface area contributed by atoms with E-state index in [4.69, 9.17) is 4.74 Å². The van der Waals surface area contributed by atoms with E-state index in [1.54, 1.807) is 14.2 Å². The van der Waals surface area contributed by atoms with Crippen LogP contribution in [0.4, 0.5) is 0 Å². The summed E-state index contributed by atoms with van der Waals surface area (Å²) in [5.74, 6) is 1.63. The van der Waals surface area contributed by atoms with E-state index in [2.05, 4.69) is 43.7 Å². The highest BCUT2D eigenvalue weighted by atomic mass is 127. The van der Waals surface area contributed by atoms with Gasteiger partial charge in [0.2, 0.25) is 0 Å². The van der Waals surface area contributed by atoms with Crippen molar-refractivity contribution in [2.45, 2.75) is 13.1 Å². The second-order valence-corrected chi connectivity index (χ2v) is 5.64. The molecule has 0 atom stereocenters. The molecule has 4 nitrogen and oxygen atoms in total. The predicted molar refractivity (Wildman–Crippen MR) is 110 cm³/mol. The Morgan fingerprint density at radius 3 is 2.52 bits per heavy atom. The number of para-hydroxylation sites is 1. The van der Waals surface area contributed by atoms with E-state index in [1.807, 2.05) is 36.4 Å². The monoisotopic (exact) mass is 489 g/mol. The highest BCUT2D eigenvalue weighted by Gasteiger charge is 2.03. The molecule has 0 aliphatic rings. The quantitative estimate of drug-likeness (QED) is 0.380. The van der Waals surface area contributed by atoms with Crippen LogP contribution in [0.5, 0.6) is 5.75 Å². The van der Waals surface area contributed by atoms with Crippen LogP contribution in [0, 0.1) is 0 Å². The Labute approximate surface area is 162 Å². The molecule has 0 unspecified atom stereocenters.